The van der Waals surface area contributed by atoms with E-state index in [4.69, 9.17) is 9.84 Å². The fraction of sp³-hybridized carbons (Fsp3) is 0.207. The highest BCUT2D eigenvalue weighted by Crippen LogP contribution is 2.50. The largest absolute Gasteiger partial charge is 0.497 e. The number of ether oxygens (including phenoxy) is 1. The standard InChI is InChI=1S/C29H25N3O4S/c1-16-25-26(17-9-11-19(36-2)12-10-17)27-21(14-18(15-23(27)33)24-8-5-13-37-24)30-28(25)32(31-16)22-7-4-3-6-20(22)29(34)35/h3-13,18,26,30H,14-15H2,1-2H3,(H,34,35)/t18-,26-/m0/s1. The number of hydrogen-bond acceptors (Lipinski definition) is 6. The van der Waals surface area contributed by atoms with Crippen molar-refractivity contribution in [1.82, 2.24) is 9.78 Å². The first-order chi connectivity index (χ1) is 18.0. The van der Waals surface area contributed by atoms with Crippen LogP contribution in [-0.2, 0) is 4.79 Å². The van der Waals surface area contributed by atoms with Gasteiger partial charge in [-0.05, 0) is 54.6 Å². The zero-order chi connectivity index (χ0) is 25.7. The van der Waals surface area contributed by atoms with E-state index in [1.165, 1.54) is 4.88 Å². The SMILES string of the molecule is COc1ccc([C@@H]2C3=C(C[C@H](c4cccs4)CC3=O)Nc3c2c(C)nn3-c2ccccc2C(=O)O)cc1. The number of carboxylic acid groups (broad SMARTS) is 1. The van der Waals surface area contributed by atoms with Crippen molar-refractivity contribution in [3.05, 3.63) is 105 Å². The Hall–Kier alpha value is -4.17. The highest BCUT2D eigenvalue weighted by Gasteiger charge is 2.41. The zero-order valence-electron chi connectivity index (χ0n) is 20.4. The number of rotatable bonds is 5. The van der Waals surface area contributed by atoms with Crippen LogP contribution in [0.4, 0.5) is 5.82 Å². The van der Waals surface area contributed by atoms with E-state index in [-0.39, 0.29) is 23.2 Å². The summed E-state index contributed by atoms with van der Waals surface area (Å²) in [6, 6.07) is 18.7. The lowest BCUT2D eigenvalue weighted by molar-refractivity contribution is -0.116. The minimum Gasteiger partial charge on any atom is -0.497 e. The van der Waals surface area contributed by atoms with E-state index in [1.54, 1.807) is 47.4 Å². The molecule has 37 heavy (non-hydrogen) atoms. The maximum absolute atomic E-state index is 13.8. The van der Waals surface area contributed by atoms with E-state index in [1.807, 2.05) is 42.6 Å². The van der Waals surface area contributed by atoms with Gasteiger partial charge in [-0.15, -0.1) is 11.3 Å². The second kappa shape index (κ2) is 9.05. The molecule has 0 fully saturated rings. The van der Waals surface area contributed by atoms with Gasteiger partial charge in [-0.3, -0.25) is 4.79 Å². The second-order valence-electron chi connectivity index (χ2n) is 9.35. The number of allylic oxidation sites excluding steroid dienone is 2. The number of nitrogens with one attached hydrogen (secondary N) is 1. The van der Waals surface area contributed by atoms with Crippen LogP contribution in [0.25, 0.3) is 5.69 Å². The summed E-state index contributed by atoms with van der Waals surface area (Å²) in [4.78, 5) is 27.0. The van der Waals surface area contributed by atoms with Gasteiger partial charge in [0.15, 0.2) is 5.78 Å². The molecule has 0 radical (unpaired) electrons. The Morgan fingerprint density at radius 1 is 1.11 bits per heavy atom. The minimum absolute atomic E-state index is 0.0978. The number of nitrogens with zero attached hydrogens (tertiary/aromatic N) is 2. The van der Waals surface area contributed by atoms with Crippen LogP contribution in [0, 0.1) is 6.92 Å². The third kappa shape index (κ3) is 3.84. The average Bonchev–Trinajstić information content (AvgIpc) is 3.56. The number of carbonyl (C=O) groups is 2. The molecule has 0 unspecified atom stereocenters. The van der Waals surface area contributed by atoms with Gasteiger partial charge < -0.3 is 15.2 Å². The number of fused-ring (bicyclic) bond motifs is 1. The van der Waals surface area contributed by atoms with Gasteiger partial charge in [-0.25, -0.2) is 9.48 Å². The summed E-state index contributed by atoms with van der Waals surface area (Å²) in [6.45, 7) is 1.91. The third-order valence-electron chi connectivity index (χ3n) is 7.22. The van der Waals surface area contributed by atoms with Crippen molar-refractivity contribution in [2.75, 3.05) is 12.4 Å². The van der Waals surface area contributed by atoms with Gasteiger partial charge in [0.05, 0.1) is 24.1 Å². The number of Topliss-reactive ketones (excluding diaryl/α,β-unsaturated/α-hetero) is 1. The first kappa shape index (κ1) is 23.2. The van der Waals surface area contributed by atoms with Crippen molar-refractivity contribution < 1.29 is 19.4 Å². The summed E-state index contributed by atoms with van der Waals surface area (Å²) in [7, 11) is 1.63. The number of aromatic carboxylic acids is 1. The fourth-order valence-corrected chi connectivity index (χ4v) is 6.38. The highest BCUT2D eigenvalue weighted by atomic mass is 32.1. The smallest absolute Gasteiger partial charge is 0.337 e. The van der Waals surface area contributed by atoms with Crippen molar-refractivity contribution in [1.29, 1.82) is 0 Å². The van der Waals surface area contributed by atoms with Crippen LogP contribution in [0.2, 0.25) is 0 Å². The van der Waals surface area contributed by atoms with Gasteiger partial charge in [-0.1, -0.05) is 30.3 Å². The quantitative estimate of drug-likeness (QED) is 0.346. The molecule has 186 valence electrons. The van der Waals surface area contributed by atoms with Gasteiger partial charge in [0, 0.05) is 40.0 Å². The second-order valence-corrected chi connectivity index (χ2v) is 10.3. The Kier molecular flexibility index (Phi) is 5.68. The molecule has 0 saturated heterocycles. The van der Waals surface area contributed by atoms with Gasteiger partial charge in [0.1, 0.15) is 11.6 Å². The third-order valence-corrected chi connectivity index (χ3v) is 8.25. The molecular weight excluding hydrogens is 486 g/mol. The van der Waals surface area contributed by atoms with Crippen molar-refractivity contribution >= 4 is 28.9 Å². The molecule has 2 N–H and O–H groups in total. The molecular formula is C29H25N3O4S. The lowest BCUT2D eigenvalue weighted by Gasteiger charge is -2.35. The topological polar surface area (TPSA) is 93.5 Å². The number of carbonyl (C=O) groups excluding carboxylic acids is 1. The molecule has 4 aromatic rings. The summed E-state index contributed by atoms with van der Waals surface area (Å²) in [5.41, 5.74) is 4.85. The van der Waals surface area contributed by atoms with Crippen LogP contribution in [0.5, 0.6) is 5.75 Å². The molecule has 7 nitrogen and oxygen atoms in total. The van der Waals surface area contributed by atoms with Crippen molar-refractivity contribution in [3.8, 4) is 11.4 Å². The molecule has 2 aliphatic rings. The highest BCUT2D eigenvalue weighted by molar-refractivity contribution is 7.10. The van der Waals surface area contributed by atoms with E-state index in [9.17, 15) is 14.7 Å². The van der Waals surface area contributed by atoms with E-state index in [0.717, 1.165) is 33.8 Å². The molecule has 2 aromatic carbocycles. The molecule has 6 rings (SSSR count). The van der Waals surface area contributed by atoms with Gasteiger partial charge in [0.2, 0.25) is 0 Å². The van der Waals surface area contributed by atoms with E-state index >= 15 is 0 Å². The van der Waals surface area contributed by atoms with E-state index in [0.29, 0.717) is 24.3 Å². The number of ketones is 1. The average molecular weight is 512 g/mol. The Balaban J connectivity index is 1.55. The molecule has 0 amide bonds. The van der Waals surface area contributed by atoms with Crippen LogP contribution < -0.4 is 10.1 Å². The maximum atomic E-state index is 13.8. The number of anilines is 1. The Bertz CT molecular complexity index is 1550. The van der Waals surface area contributed by atoms with Gasteiger partial charge in [-0.2, -0.15) is 5.10 Å². The summed E-state index contributed by atoms with van der Waals surface area (Å²) >= 11 is 1.67. The van der Waals surface area contributed by atoms with Crippen LogP contribution in [0.3, 0.4) is 0 Å². The Labute approximate surface area is 218 Å². The van der Waals surface area contributed by atoms with E-state index < -0.39 is 5.97 Å². The minimum atomic E-state index is -1.02. The number of para-hydroxylation sites is 1. The molecule has 3 heterocycles. The van der Waals surface area contributed by atoms with Crippen molar-refractivity contribution in [2.24, 2.45) is 0 Å². The summed E-state index contributed by atoms with van der Waals surface area (Å²) in [6.07, 6.45) is 1.15. The van der Waals surface area contributed by atoms with Gasteiger partial charge >= 0.3 is 5.97 Å². The fourth-order valence-electron chi connectivity index (χ4n) is 5.54. The first-order valence-corrected chi connectivity index (χ1v) is 13.0. The lowest BCUT2D eigenvalue weighted by atomic mass is 9.73. The molecule has 1 aliphatic carbocycles. The zero-order valence-corrected chi connectivity index (χ0v) is 21.2. The maximum Gasteiger partial charge on any atom is 0.337 e. The first-order valence-electron chi connectivity index (χ1n) is 12.1. The van der Waals surface area contributed by atoms with E-state index in [2.05, 4.69) is 11.4 Å². The molecule has 0 spiro atoms. The monoisotopic (exact) mass is 511 g/mol. The van der Waals surface area contributed by atoms with Gasteiger partial charge in [0.25, 0.3) is 0 Å². The number of aryl methyl sites for hydroxylation is 1. The molecule has 2 aromatic heterocycles. The number of methoxy groups -OCH3 is 1. The van der Waals surface area contributed by atoms with Crippen molar-refractivity contribution in [2.45, 2.75) is 31.6 Å². The number of hydrogen-bond donors (Lipinski definition) is 2. The Morgan fingerprint density at radius 3 is 2.59 bits per heavy atom. The lowest BCUT2D eigenvalue weighted by Crippen LogP contribution is -2.30. The Morgan fingerprint density at radius 2 is 1.89 bits per heavy atom. The molecule has 0 bridgehead atoms. The molecule has 2 atom stereocenters. The number of aromatic nitrogens is 2. The molecule has 8 heteroatoms. The predicted molar refractivity (Wildman–Crippen MR) is 142 cm³/mol. The molecule has 1 aliphatic heterocycles. The normalized spacial score (nSPS) is 18.7. The van der Waals surface area contributed by atoms with Crippen LogP contribution in [0.1, 0.15) is 56.7 Å². The molecule has 0 saturated carbocycles. The predicted octanol–water partition coefficient (Wildman–Crippen LogP) is 5.91. The van der Waals surface area contributed by atoms with Crippen LogP contribution in [0.15, 0.2) is 77.3 Å². The number of benzene rings is 2. The summed E-state index contributed by atoms with van der Waals surface area (Å²) < 4.78 is 7.04. The summed E-state index contributed by atoms with van der Waals surface area (Å²) in [5.74, 6) is 0.315. The number of carboxylic acids is 1. The van der Waals surface area contributed by atoms with Crippen LogP contribution in [-0.4, -0.2) is 33.7 Å². The summed E-state index contributed by atoms with van der Waals surface area (Å²) in [5, 5.41) is 20.2. The number of thiophene rings is 1. The van der Waals surface area contributed by atoms with Crippen LogP contribution >= 0.6 is 11.3 Å². The van der Waals surface area contributed by atoms with Crippen molar-refractivity contribution in [3.63, 3.8) is 0 Å².